The third-order valence-electron chi connectivity index (χ3n) is 2.19. The van der Waals surface area contributed by atoms with Gasteiger partial charge in [-0.1, -0.05) is 17.7 Å². The maximum Gasteiger partial charge on any atom is 0.323 e. The van der Waals surface area contributed by atoms with Gasteiger partial charge in [-0.15, -0.1) is 0 Å². The van der Waals surface area contributed by atoms with Gasteiger partial charge in [-0.2, -0.15) is 0 Å². The highest BCUT2D eigenvalue weighted by atomic mass is 79.9. The first-order chi connectivity index (χ1) is 8.45. The summed E-state index contributed by atoms with van der Waals surface area (Å²) in [5.41, 5.74) is 0.497. The van der Waals surface area contributed by atoms with Gasteiger partial charge >= 0.3 is 12.0 Å². The van der Waals surface area contributed by atoms with Crippen LogP contribution >= 0.6 is 27.5 Å². The second-order valence-corrected chi connectivity index (χ2v) is 4.64. The molecule has 2 N–H and O–H groups in total. The molecule has 0 radical (unpaired) electrons. The van der Waals surface area contributed by atoms with Crippen LogP contribution in [0.25, 0.3) is 0 Å². The van der Waals surface area contributed by atoms with Crippen molar-refractivity contribution in [2.75, 3.05) is 18.4 Å². The van der Waals surface area contributed by atoms with E-state index in [1.807, 2.05) is 0 Å². The fourth-order valence-electron chi connectivity index (χ4n) is 1.29. The number of nitrogens with zero attached hydrogens (tertiary/aromatic N) is 1. The van der Waals surface area contributed by atoms with E-state index in [9.17, 15) is 9.59 Å². The predicted molar refractivity (Wildman–Crippen MR) is 73.1 cm³/mol. The number of rotatable bonds is 4. The average molecular weight is 336 g/mol. The number of urea groups is 1. The Bertz CT molecular complexity index is 468. The van der Waals surface area contributed by atoms with E-state index in [4.69, 9.17) is 16.7 Å². The van der Waals surface area contributed by atoms with E-state index in [-0.39, 0.29) is 6.54 Å². The molecular weight excluding hydrogens is 323 g/mol. The second-order valence-electron chi connectivity index (χ2n) is 3.44. The summed E-state index contributed by atoms with van der Waals surface area (Å²) in [6.07, 6.45) is 0. The van der Waals surface area contributed by atoms with Crippen LogP contribution < -0.4 is 5.32 Å². The van der Waals surface area contributed by atoms with Crippen molar-refractivity contribution in [3.63, 3.8) is 0 Å². The third kappa shape index (κ3) is 3.89. The van der Waals surface area contributed by atoms with Crippen molar-refractivity contribution in [3.05, 3.63) is 27.7 Å². The Labute approximate surface area is 118 Å². The van der Waals surface area contributed by atoms with E-state index in [1.54, 1.807) is 25.1 Å². The van der Waals surface area contributed by atoms with Gasteiger partial charge in [0.1, 0.15) is 6.54 Å². The fraction of sp³-hybridized carbons (Fsp3) is 0.273. The molecule has 5 nitrogen and oxygen atoms in total. The second kappa shape index (κ2) is 6.61. The zero-order chi connectivity index (χ0) is 13.7. The van der Waals surface area contributed by atoms with E-state index in [2.05, 4.69) is 21.2 Å². The smallest absolute Gasteiger partial charge is 0.323 e. The zero-order valence-corrected chi connectivity index (χ0v) is 12.0. The van der Waals surface area contributed by atoms with E-state index in [0.717, 1.165) is 0 Å². The summed E-state index contributed by atoms with van der Waals surface area (Å²) in [4.78, 5) is 23.6. The van der Waals surface area contributed by atoms with Crippen molar-refractivity contribution in [3.8, 4) is 0 Å². The summed E-state index contributed by atoms with van der Waals surface area (Å²) in [7, 11) is 0. The molecule has 0 saturated carbocycles. The van der Waals surface area contributed by atoms with Crippen LogP contribution in [-0.4, -0.2) is 35.1 Å². The van der Waals surface area contributed by atoms with Gasteiger partial charge in [0.25, 0.3) is 0 Å². The fourth-order valence-corrected chi connectivity index (χ4v) is 1.82. The normalized spacial score (nSPS) is 9.94. The summed E-state index contributed by atoms with van der Waals surface area (Å²) < 4.78 is 0.561. The van der Waals surface area contributed by atoms with Crippen molar-refractivity contribution < 1.29 is 14.7 Å². The molecule has 1 rings (SSSR count). The number of nitrogens with one attached hydrogen (secondary N) is 1. The molecule has 0 aliphatic carbocycles. The Morgan fingerprint density at radius 1 is 1.50 bits per heavy atom. The number of benzene rings is 1. The van der Waals surface area contributed by atoms with Crippen LogP contribution in [0.4, 0.5) is 10.5 Å². The SMILES string of the molecule is CCN(CC(=O)O)C(=O)Nc1cccc(Cl)c1Br. The number of carboxylic acids is 1. The number of carbonyl (C=O) groups excluding carboxylic acids is 1. The molecule has 1 aromatic carbocycles. The Balaban J connectivity index is 2.80. The molecule has 0 saturated heterocycles. The quantitative estimate of drug-likeness (QED) is 0.888. The average Bonchev–Trinajstić information content (AvgIpc) is 2.31. The lowest BCUT2D eigenvalue weighted by molar-refractivity contribution is -0.137. The van der Waals surface area contributed by atoms with Crippen molar-refractivity contribution in [1.29, 1.82) is 0 Å². The molecule has 98 valence electrons. The van der Waals surface area contributed by atoms with Crippen LogP contribution in [-0.2, 0) is 4.79 Å². The summed E-state index contributed by atoms with van der Waals surface area (Å²) in [5, 5.41) is 11.7. The van der Waals surface area contributed by atoms with Crippen LogP contribution in [0.3, 0.4) is 0 Å². The number of aliphatic carboxylic acids is 1. The number of hydrogen-bond acceptors (Lipinski definition) is 2. The molecule has 0 heterocycles. The highest BCUT2D eigenvalue weighted by molar-refractivity contribution is 9.10. The molecule has 18 heavy (non-hydrogen) atoms. The van der Waals surface area contributed by atoms with Crippen LogP contribution in [0.5, 0.6) is 0 Å². The first-order valence-electron chi connectivity index (χ1n) is 5.17. The number of halogens is 2. The lowest BCUT2D eigenvalue weighted by Gasteiger charge is -2.19. The predicted octanol–water partition coefficient (Wildman–Crippen LogP) is 3.04. The standard InChI is InChI=1S/C11H12BrClN2O3/c1-2-15(6-9(16)17)11(18)14-8-5-3-4-7(13)10(8)12/h3-5H,2,6H2,1H3,(H,14,18)(H,16,17). The molecule has 1 aromatic rings. The van der Waals surface area contributed by atoms with Gasteiger partial charge in [0.15, 0.2) is 0 Å². The largest absolute Gasteiger partial charge is 0.480 e. The summed E-state index contributed by atoms with van der Waals surface area (Å²) in [6, 6.07) is 4.55. The van der Waals surface area contributed by atoms with Gasteiger partial charge in [0, 0.05) is 6.54 Å². The monoisotopic (exact) mass is 334 g/mol. The van der Waals surface area contributed by atoms with Gasteiger partial charge in [0.05, 0.1) is 15.2 Å². The lowest BCUT2D eigenvalue weighted by Crippen LogP contribution is -2.38. The van der Waals surface area contributed by atoms with Crippen LogP contribution in [0.15, 0.2) is 22.7 Å². The zero-order valence-electron chi connectivity index (χ0n) is 9.61. The van der Waals surface area contributed by atoms with Crippen LogP contribution in [0.2, 0.25) is 5.02 Å². The van der Waals surface area contributed by atoms with Gasteiger partial charge in [-0.3, -0.25) is 4.79 Å². The van der Waals surface area contributed by atoms with Crippen molar-refractivity contribution >= 4 is 45.2 Å². The summed E-state index contributed by atoms with van der Waals surface area (Å²) >= 11 is 9.14. The van der Waals surface area contributed by atoms with Gasteiger partial charge in [0.2, 0.25) is 0 Å². The first-order valence-corrected chi connectivity index (χ1v) is 6.34. The highest BCUT2D eigenvalue weighted by Crippen LogP contribution is 2.30. The number of carbonyl (C=O) groups is 2. The summed E-state index contributed by atoms with van der Waals surface area (Å²) in [6.45, 7) is 1.66. The molecule has 7 heteroatoms. The Morgan fingerprint density at radius 3 is 2.72 bits per heavy atom. The van der Waals surface area contributed by atoms with Gasteiger partial charge in [-0.25, -0.2) is 4.79 Å². The number of likely N-dealkylation sites (N-methyl/N-ethyl adjacent to an activating group) is 1. The number of carboxylic acid groups (broad SMARTS) is 1. The van der Waals surface area contributed by atoms with Crippen LogP contribution in [0.1, 0.15) is 6.92 Å². The van der Waals surface area contributed by atoms with Crippen molar-refractivity contribution in [2.24, 2.45) is 0 Å². The number of amides is 2. The minimum Gasteiger partial charge on any atom is -0.480 e. The van der Waals surface area contributed by atoms with E-state index >= 15 is 0 Å². The maximum atomic E-state index is 11.8. The third-order valence-corrected chi connectivity index (χ3v) is 3.59. The summed E-state index contributed by atoms with van der Waals surface area (Å²) in [5.74, 6) is -1.06. The Kier molecular flexibility index (Phi) is 5.43. The Hall–Kier alpha value is -1.27. The van der Waals surface area contributed by atoms with E-state index in [0.29, 0.717) is 21.7 Å². The molecule has 0 aliphatic rings. The minimum atomic E-state index is -1.06. The number of hydrogen-bond donors (Lipinski definition) is 2. The minimum absolute atomic E-state index is 0.302. The van der Waals surface area contributed by atoms with Gasteiger partial charge < -0.3 is 15.3 Å². The molecule has 2 amide bonds. The molecule has 0 aliphatic heterocycles. The number of anilines is 1. The topological polar surface area (TPSA) is 69.6 Å². The molecule has 0 atom stereocenters. The van der Waals surface area contributed by atoms with Crippen molar-refractivity contribution in [2.45, 2.75) is 6.92 Å². The molecule has 0 bridgehead atoms. The molecule has 0 aromatic heterocycles. The first kappa shape index (κ1) is 14.8. The Morgan fingerprint density at radius 2 is 2.17 bits per heavy atom. The molecular formula is C11H12BrClN2O3. The maximum absolute atomic E-state index is 11.8. The molecule has 0 spiro atoms. The lowest BCUT2D eigenvalue weighted by atomic mass is 10.3. The van der Waals surface area contributed by atoms with E-state index < -0.39 is 12.0 Å². The molecule has 0 unspecified atom stereocenters. The van der Waals surface area contributed by atoms with Crippen LogP contribution in [0, 0.1) is 0 Å². The molecule has 0 fully saturated rings. The van der Waals surface area contributed by atoms with E-state index in [1.165, 1.54) is 4.90 Å². The highest BCUT2D eigenvalue weighted by Gasteiger charge is 2.16. The van der Waals surface area contributed by atoms with Crippen molar-refractivity contribution in [1.82, 2.24) is 4.90 Å². The van der Waals surface area contributed by atoms with Gasteiger partial charge in [-0.05, 0) is 35.0 Å².